The summed E-state index contributed by atoms with van der Waals surface area (Å²) >= 11 is 0. The summed E-state index contributed by atoms with van der Waals surface area (Å²) in [6.45, 7) is 1.93. The van der Waals surface area contributed by atoms with Crippen molar-refractivity contribution in [1.82, 2.24) is 10.6 Å². The van der Waals surface area contributed by atoms with Crippen LogP contribution in [0.5, 0.6) is 0 Å². The number of fused-ring (bicyclic) bond motifs is 3. The Morgan fingerprint density at radius 2 is 1.62 bits per heavy atom. The monoisotopic (exact) mass is 438 g/mol. The van der Waals surface area contributed by atoms with Crippen LogP contribution in [-0.2, 0) is 19.1 Å². The Kier molecular flexibility index (Phi) is 7.99. The molecule has 3 N–H and O–H groups in total. The molecule has 0 heterocycles. The molecule has 0 aliphatic heterocycles. The number of ether oxygens (including phenoxy) is 2. The normalized spacial score (nSPS) is 12.6. The summed E-state index contributed by atoms with van der Waals surface area (Å²) in [7, 11) is 0. The van der Waals surface area contributed by atoms with Gasteiger partial charge in [0, 0.05) is 24.6 Å². The Hall–Kier alpha value is -3.65. The second-order valence-electron chi connectivity index (χ2n) is 7.30. The highest BCUT2D eigenvalue weighted by Crippen LogP contribution is 2.44. The van der Waals surface area contributed by atoms with Gasteiger partial charge in [0.25, 0.3) is 0 Å². The summed E-state index contributed by atoms with van der Waals surface area (Å²) < 4.78 is 10.6. The van der Waals surface area contributed by atoms with Gasteiger partial charge in [-0.15, -0.1) is 0 Å². The molecule has 1 aliphatic rings. The minimum absolute atomic E-state index is 0.00749. The lowest BCUT2D eigenvalue weighted by molar-refractivity contribution is -0.132. The minimum atomic E-state index is -1.03. The number of nitrogens with one attached hydrogen (secondary N) is 2. The third-order valence-corrected chi connectivity index (χ3v) is 5.14. The number of aliphatic carboxylic acids is 1. The zero-order valence-corrected chi connectivity index (χ0v) is 17.8. The van der Waals surface area contributed by atoms with Crippen LogP contribution in [0.4, 0.5) is 4.79 Å². The van der Waals surface area contributed by atoms with Gasteiger partial charge < -0.3 is 25.2 Å². The van der Waals surface area contributed by atoms with E-state index in [1.807, 2.05) is 24.3 Å². The second kappa shape index (κ2) is 11.1. The molecule has 0 radical (unpaired) electrons. The molecule has 2 aromatic rings. The van der Waals surface area contributed by atoms with E-state index in [0.717, 1.165) is 22.3 Å². The van der Waals surface area contributed by atoms with Crippen LogP contribution >= 0.6 is 0 Å². The van der Waals surface area contributed by atoms with Crippen LogP contribution in [0.25, 0.3) is 11.1 Å². The molecule has 0 unspecified atom stereocenters. The average Bonchev–Trinajstić information content (AvgIpc) is 3.11. The van der Waals surface area contributed by atoms with Crippen molar-refractivity contribution in [2.24, 2.45) is 0 Å². The Morgan fingerprint density at radius 3 is 2.25 bits per heavy atom. The third-order valence-electron chi connectivity index (χ3n) is 5.14. The van der Waals surface area contributed by atoms with Gasteiger partial charge >= 0.3 is 12.1 Å². The first-order valence-corrected chi connectivity index (χ1v) is 10.3. The van der Waals surface area contributed by atoms with Crippen LogP contribution in [0, 0.1) is 0 Å². The number of carbonyl (C=O) groups is 3. The van der Waals surface area contributed by atoms with Crippen LogP contribution in [-0.4, -0.2) is 56.0 Å². The van der Waals surface area contributed by atoms with Gasteiger partial charge in [0.2, 0.25) is 5.91 Å². The standard InChI is InChI=1S/C24H26N2O6/c1-16(23(28)29)10-11-25-22(27)15-31-13-12-26-24(30)32-14-21-19-8-4-2-6-17(19)18-7-3-5-9-20(18)21/h2-10,21H,11-15H2,1H3,(H,25,27)(H,26,30)(H,28,29)/b16-10+. The molecule has 3 rings (SSSR count). The van der Waals surface area contributed by atoms with E-state index >= 15 is 0 Å². The van der Waals surface area contributed by atoms with Crippen molar-refractivity contribution < 1.29 is 29.0 Å². The molecule has 8 nitrogen and oxygen atoms in total. The fraction of sp³-hybridized carbons (Fsp3) is 0.292. The van der Waals surface area contributed by atoms with E-state index in [-0.39, 0.29) is 50.3 Å². The van der Waals surface area contributed by atoms with Crippen molar-refractivity contribution in [2.75, 3.05) is 32.9 Å². The van der Waals surface area contributed by atoms with Gasteiger partial charge in [0.15, 0.2) is 0 Å². The number of alkyl carbamates (subject to hydrolysis) is 1. The van der Waals surface area contributed by atoms with E-state index in [1.54, 1.807) is 0 Å². The molecule has 168 valence electrons. The van der Waals surface area contributed by atoms with Gasteiger partial charge in [-0.05, 0) is 29.2 Å². The average molecular weight is 438 g/mol. The molecule has 0 saturated carbocycles. The number of hydrogen-bond acceptors (Lipinski definition) is 5. The fourth-order valence-corrected chi connectivity index (χ4v) is 3.50. The predicted octanol–water partition coefficient (Wildman–Crippen LogP) is 2.69. The summed E-state index contributed by atoms with van der Waals surface area (Å²) in [6.07, 6.45) is 0.855. The first kappa shape index (κ1) is 23.0. The lowest BCUT2D eigenvalue weighted by Crippen LogP contribution is -2.32. The predicted molar refractivity (Wildman–Crippen MR) is 118 cm³/mol. The molecule has 8 heteroatoms. The lowest BCUT2D eigenvalue weighted by Gasteiger charge is -2.14. The Balaban J connectivity index is 1.35. The molecule has 0 fully saturated rings. The third kappa shape index (κ3) is 5.95. The molecule has 0 atom stereocenters. The van der Waals surface area contributed by atoms with Crippen molar-refractivity contribution >= 4 is 18.0 Å². The van der Waals surface area contributed by atoms with E-state index in [9.17, 15) is 14.4 Å². The van der Waals surface area contributed by atoms with E-state index < -0.39 is 12.1 Å². The van der Waals surface area contributed by atoms with Crippen LogP contribution in [0.2, 0.25) is 0 Å². The molecule has 32 heavy (non-hydrogen) atoms. The molecule has 0 saturated heterocycles. The first-order chi connectivity index (χ1) is 15.5. The molecule has 0 spiro atoms. The van der Waals surface area contributed by atoms with Gasteiger partial charge in [0.05, 0.1) is 6.61 Å². The number of carboxylic acid groups (broad SMARTS) is 1. The Morgan fingerprint density at radius 1 is 1.00 bits per heavy atom. The molecule has 0 bridgehead atoms. The lowest BCUT2D eigenvalue weighted by atomic mass is 9.98. The van der Waals surface area contributed by atoms with Gasteiger partial charge in [-0.25, -0.2) is 9.59 Å². The number of rotatable bonds is 10. The number of carbonyl (C=O) groups excluding carboxylic acids is 2. The molecule has 2 aromatic carbocycles. The summed E-state index contributed by atoms with van der Waals surface area (Å²) in [5.74, 6) is -1.41. The molecule has 2 amide bonds. The maximum Gasteiger partial charge on any atom is 0.407 e. The highest BCUT2D eigenvalue weighted by atomic mass is 16.5. The first-order valence-electron chi connectivity index (χ1n) is 10.3. The van der Waals surface area contributed by atoms with Crippen molar-refractivity contribution in [3.05, 3.63) is 71.3 Å². The fourth-order valence-electron chi connectivity index (χ4n) is 3.50. The summed E-state index contributed by atoms with van der Waals surface area (Å²) in [4.78, 5) is 34.3. The highest BCUT2D eigenvalue weighted by Gasteiger charge is 2.28. The van der Waals surface area contributed by atoms with Crippen molar-refractivity contribution in [3.63, 3.8) is 0 Å². The molecule has 1 aliphatic carbocycles. The smallest absolute Gasteiger partial charge is 0.407 e. The maximum atomic E-state index is 12.1. The number of benzene rings is 2. The Labute approximate surface area is 186 Å². The van der Waals surface area contributed by atoms with E-state index in [0.29, 0.717) is 0 Å². The summed E-state index contributed by atoms with van der Waals surface area (Å²) in [6, 6.07) is 16.2. The minimum Gasteiger partial charge on any atom is -0.478 e. The SMILES string of the molecule is C/C(=C\CNC(=O)COCCNC(=O)OCC1c2ccccc2-c2ccccc21)C(=O)O. The van der Waals surface area contributed by atoms with Crippen molar-refractivity contribution in [3.8, 4) is 11.1 Å². The topological polar surface area (TPSA) is 114 Å². The number of amides is 2. The quantitative estimate of drug-likeness (QED) is 0.388. The zero-order chi connectivity index (χ0) is 22.9. The van der Waals surface area contributed by atoms with Crippen molar-refractivity contribution in [2.45, 2.75) is 12.8 Å². The summed E-state index contributed by atoms with van der Waals surface area (Å²) in [5, 5.41) is 13.9. The molecular formula is C24H26N2O6. The molecular weight excluding hydrogens is 412 g/mol. The van der Waals surface area contributed by atoms with Gasteiger partial charge in [-0.1, -0.05) is 54.6 Å². The van der Waals surface area contributed by atoms with Gasteiger partial charge in [-0.3, -0.25) is 4.79 Å². The largest absolute Gasteiger partial charge is 0.478 e. The second-order valence-corrected chi connectivity index (χ2v) is 7.30. The van der Waals surface area contributed by atoms with Gasteiger partial charge in [-0.2, -0.15) is 0 Å². The Bertz CT molecular complexity index is 972. The van der Waals surface area contributed by atoms with Crippen LogP contribution in [0.1, 0.15) is 24.0 Å². The summed E-state index contributed by atoms with van der Waals surface area (Å²) in [5.41, 5.74) is 4.77. The zero-order valence-electron chi connectivity index (χ0n) is 17.8. The van der Waals surface area contributed by atoms with Crippen LogP contribution < -0.4 is 10.6 Å². The van der Waals surface area contributed by atoms with Gasteiger partial charge in [0.1, 0.15) is 13.2 Å². The number of hydrogen-bond donors (Lipinski definition) is 3. The van der Waals surface area contributed by atoms with Crippen LogP contribution in [0.15, 0.2) is 60.2 Å². The number of carboxylic acids is 1. The molecule has 0 aromatic heterocycles. The van der Waals surface area contributed by atoms with Crippen LogP contribution in [0.3, 0.4) is 0 Å². The maximum absolute atomic E-state index is 12.1. The van der Waals surface area contributed by atoms with E-state index in [1.165, 1.54) is 13.0 Å². The van der Waals surface area contributed by atoms with Crippen molar-refractivity contribution in [1.29, 1.82) is 0 Å². The van der Waals surface area contributed by atoms with E-state index in [2.05, 4.69) is 34.9 Å². The van der Waals surface area contributed by atoms with E-state index in [4.69, 9.17) is 14.6 Å². The highest BCUT2D eigenvalue weighted by molar-refractivity contribution is 5.86.